The van der Waals surface area contributed by atoms with Gasteiger partial charge in [-0.1, -0.05) is 24.3 Å². The van der Waals surface area contributed by atoms with Crippen LogP contribution in [0.2, 0.25) is 0 Å². The highest BCUT2D eigenvalue weighted by atomic mass is 19.1. The third-order valence-electron chi connectivity index (χ3n) is 6.53. The maximum absolute atomic E-state index is 14.1. The summed E-state index contributed by atoms with van der Waals surface area (Å²) in [5.74, 6) is 2.47. The molecule has 2 aromatic carbocycles. The zero-order valence-corrected chi connectivity index (χ0v) is 18.7. The summed E-state index contributed by atoms with van der Waals surface area (Å²) in [5, 5.41) is 6.65. The number of amidine groups is 1. The molecular weight excluding hydrogens is 429 g/mol. The van der Waals surface area contributed by atoms with Crippen molar-refractivity contribution in [3.05, 3.63) is 89.6 Å². The number of nitrogens with zero attached hydrogens (tertiary/aromatic N) is 4. The van der Waals surface area contributed by atoms with E-state index in [4.69, 9.17) is 0 Å². The minimum Gasteiger partial charge on any atom is -0.348 e. The van der Waals surface area contributed by atoms with E-state index in [-0.39, 0.29) is 17.8 Å². The molecule has 8 heteroatoms. The Morgan fingerprint density at radius 3 is 2.91 bits per heavy atom. The van der Waals surface area contributed by atoms with Crippen LogP contribution in [0.1, 0.15) is 36.4 Å². The average Bonchev–Trinajstić information content (AvgIpc) is 3.25. The predicted octanol–water partition coefficient (Wildman–Crippen LogP) is 5.22. The van der Waals surface area contributed by atoms with Crippen LogP contribution in [0, 0.1) is 11.7 Å². The van der Waals surface area contributed by atoms with Gasteiger partial charge in [0.05, 0.1) is 29.9 Å². The van der Waals surface area contributed by atoms with Crippen molar-refractivity contribution in [1.82, 2.24) is 19.9 Å². The van der Waals surface area contributed by atoms with Crippen LogP contribution in [0.5, 0.6) is 0 Å². The van der Waals surface area contributed by atoms with Gasteiger partial charge < -0.3 is 15.6 Å². The van der Waals surface area contributed by atoms with Gasteiger partial charge in [0.2, 0.25) is 5.95 Å². The summed E-state index contributed by atoms with van der Waals surface area (Å²) < 4.78 is 14.1. The molecule has 0 bridgehead atoms. The van der Waals surface area contributed by atoms with Crippen molar-refractivity contribution >= 4 is 28.6 Å². The van der Waals surface area contributed by atoms with E-state index in [0.717, 1.165) is 34.4 Å². The lowest BCUT2D eigenvalue weighted by Crippen LogP contribution is -2.12. The quantitative estimate of drug-likeness (QED) is 0.372. The van der Waals surface area contributed by atoms with E-state index in [1.165, 1.54) is 11.6 Å². The zero-order valence-electron chi connectivity index (χ0n) is 18.7. The third-order valence-corrected chi connectivity index (χ3v) is 6.53. The minimum atomic E-state index is -0.118. The lowest BCUT2D eigenvalue weighted by molar-refractivity contribution is 0.608. The lowest BCUT2D eigenvalue weighted by atomic mass is 10.0. The molecule has 2 aliphatic rings. The Morgan fingerprint density at radius 2 is 2.00 bits per heavy atom. The first-order chi connectivity index (χ1) is 16.6. The van der Waals surface area contributed by atoms with Gasteiger partial charge in [-0.15, -0.1) is 0 Å². The van der Waals surface area contributed by atoms with Crippen molar-refractivity contribution in [3.8, 4) is 0 Å². The van der Waals surface area contributed by atoms with Crippen molar-refractivity contribution in [2.75, 3.05) is 17.2 Å². The number of hydrogen-bond donors (Lipinski definition) is 3. The summed E-state index contributed by atoms with van der Waals surface area (Å²) in [5.41, 5.74) is 5.10. The monoisotopic (exact) mass is 453 g/mol. The van der Waals surface area contributed by atoms with Crippen molar-refractivity contribution in [2.45, 2.75) is 25.3 Å². The Morgan fingerprint density at radius 1 is 1.09 bits per heavy atom. The van der Waals surface area contributed by atoms with Crippen molar-refractivity contribution in [1.29, 1.82) is 0 Å². The van der Waals surface area contributed by atoms with E-state index < -0.39 is 0 Å². The van der Waals surface area contributed by atoms with Crippen LogP contribution in [-0.2, 0) is 0 Å². The van der Waals surface area contributed by atoms with E-state index in [1.807, 2.05) is 24.3 Å². The number of H-pyrrole nitrogens is 1. The largest absolute Gasteiger partial charge is 0.348 e. The molecule has 34 heavy (non-hydrogen) atoms. The summed E-state index contributed by atoms with van der Waals surface area (Å²) in [7, 11) is 0. The van der Waals surface area contributed by atoms with Gasteiger partial charge in [0, 0.05) is 6.20 Å². The molecule has 2 aromatic heterocycles. The first-order valence-corrected chi connectivity index (χ1v) is 11.4. The number of aliphatic imine (C=N–C) groups is 1. The highest BCUT2D eigenvalue weighted by Crippen LogP contribution is 2.52. The van der Waals surface area contributed by atoms with E-state index in [1.54, 1.807) is 18.6 Å². The second-order valence-corrected chi connectivity index (χ2v) is 8.83. The van der Waals surface area contributed by atoms with Gasteiger partial charge in [-0.05, 0) is 72.2 Å². The fourth-order valence-electron chi connectivity index (χ4n) is 4.60. The second kappa shape index (κ2) is 8.37. The van der Waals surface area contributed by atoms with Gasteiger partial charge in [-0.3, -0.25) is 4.99 Å². The van der Waals surface area contributed by atoms with Gasteiger partial charge in [-0.2, -0.15) is 4.98 Å². The number of aromatic amines is 1. The maximum atomic E-state index is 14.1. The van der Waals surface area contributed by atoms with E-state index in [2.05, 4.69) is 60.7 Å². The molecule has 4 aromatic rings. The van der Waals surface area contributed by atoms with Gasteiger partial charge in [0.25, 0.3) is 0 Å². The molecule has 1 aliphatic carbocycles. The number of fused-ring (bicyclic) bond motifs is 1. The Hall–Kier alpha value is -4.07. The van der Waals surface area contributed by atoms with Gasteiger partial charge in [0.1, 0.15) is 17.5 Å². The van der Waals surface area contributed by atoms with Crippen molar-refractivity contribution in [3.63, 3.8) is 0 Å². The Balaban J connectivity index is 1.10. The number of anilines is 2. The molecule has 0 amide bonds. The first-order valence-electron chi connectivity index (χ1n) is 11.4. The summed E-state index contributed by atoms with van der Waals surface area (Å²) in [6, 6.07) is 15.0. The molecule has 7 nitrogen and oxygen atoms in total. The standard InChI is InChI=1S/C26H24FN7/c1-15(16-6-7-22-23(10-16)31-14-30-22)32-26-28-9-8-24(34-26)33-25-11-17(13-29-25)19-12-20(19)18-4-2-3-5-21(18)27/h2-11,14-15,19-20H,12-13H2,1H3,(H,30,31)(H2,28,29,32,33,34)/t15-,19+,20+/m0/s1. The highest BCUT2D eigenvalue weighted by Gasteiger charge is 2.42. The SMILES string of the molecule is C[C@H](Nc1nccc(NC2=NCC([C@H]3C[C@@H]3c3ccccc3F)=C2)n1)c1ccc2nc[nH]c2c1. The van der Waals surface area contributed by atoms with Gasteiger partial charge >= 0.3 is 0 Å². The smallest absolute Gasteiger partial charge is 0.225 e. The molecule has 0 radical (unpaired) electrons. The fourth-order valence-corrected chi connectivity index (χ4v) is 4.60. The molecule has 1 fully saturated rings. The first kappa shape index (κ1) is 20.5. The molecule has 170 valence electrons. The van der Waals surface area contributed by atoms with Crippen LogP contribution in [-0.4, -0.2) is 32.3 Å². The molecule has 1 saturated carbocycles. The average molecular weight is 454 g/mol. The Labute approximate surface area is 196 Å². The number of rotatable bonds is 6. The minimum absolute atomic E-state index is 0.0171. The van der Waals surface area contributed by atoms with Crippen LogP contribution in [0.4, 0.5) is 16.2 Å². The molecule has 3 heterocycles. The normalized spacial score (nSPS) is 20.1. The number of benzene rings is 2. The van der Waals surface area contributed by atoms with Crippen molar-refractivity contribution < 1.29 is 4.39 Å². The highest BCUT2D eigenvalue weighted by molar-refractivity contribution is 6.05. The fraction of sp³-hybridized carbons (Fsp3) is 0.231. The lowest BCUT2D eigenvalue weighted by Gasteiger charge is -2.15. The topological polar surface area (TPSA) is 90.9 Å². The summed E-state index contributed by atoms with van der Waals surface area (Å²) in [6.45, 7) is 2.71. The third kappa shape index (κ3) is 4.03. The van der Waals surface area contributed by atoms with Crippen LogP contribution >= 0.6 is 0 Å². The molecule has 0 spiro atoms. The molecular formula is C26H24FN7. The predicted molar refractivity (Wildman–Crippen MR) is 131 cm³/mol. The molecule has 6 rings (SSSR count). The molecule has 3 atom stereocenters. The Bertz CT molecular complexity index is 1420. The van der Waals surface area contributed by atoms with Crippen LogP contribution in [0.3, 0.4) is 0 Å². The molecule has 0 unspecified atom stereocenters. The van der Waals surface area contributed by atoms with Crippen LogP contribution in [0.25, 0.3) is 11.0 Å². The number of halogens is 1. The summed E-state index contributed by atoms with van der Waals surface area (Å²) >= 11 is 0. The van der Waals surface area contributed by atoms with Crippen molar-refractivity contribution in [2.24, 2.45) is 10.9 Å². The summed E-state index contributed by atoms with van der Waals surface area (Å²) in [6.07, 6.45) is 6.46. The number of aromatic nitrogens is 4. The van der Waals surface area contributed by atoms with Crippen LogP contribution < -0.4 is 10.6 Å². The van der Waals surface area contributed by atoms with E-state index in [9.17, 15) is 4.39 Å². The summed E-state index contributed by atoms with van der Waals surface area (Å²) in [4.78, 5) is 21.0. The van der Waals surface area contributed by atoms with Crippen LogP contribution in [0.15, 0.2) is 77.7 Å². The number of nitrogens with one attached hydrogen (secondary N) is 3. The van der Waals surface area contributed by atoms with Gasteiger partial charge in [-0.25, -0.2) is 14.4 Å². The Kier molecular flexibility index (Phi) is 5.05. The van der Waals surface area contributed by atoms with Gasteiger partial charge in [0.15, 0.2) is 0 Å². The van der Waals surface area contributed by atoms with E-state index >= 15 is 0 Å². The molecule has 3 N–H and O–H groups in total. The maximum Gasteiger partial charge on any atom is 0.225 e. The number of hydrogen-bond acceptors (Lipinski definition) is 6. The van der Waals surface area contributed by atoms with E-state index in [0.29, 0.717) is 24.2 Å². The molecule has 1 aliphatic heterocycles. The zero-order chi connectivity index (χ0) is 23.1. The second-order valence-electron chi connectivity index (χ2n) is 8.83. The number of imidazole rings is 1. The molecule has 0 saturated heterocycles.